The van der Waals surface area contributed by atoms with E-state index < -0.39 is 5.97 Å². The minimum atomic E-state index is -0.737. The summed E-state index contributed by atoms with van der Waals surface area (Å²) in [5.41, 5.74) is 2.86. The smallest absolute Gasteiger partial charge is 0.317 e. The Morgan fingerprint density at radius 2 is 2.29 bits per heavy atom. The number of aromatic nitrogens is 1. The average molecular weight is 254 g/mol. The highest BCUT2D eigenvalue weighted by Crippen LogP contribution is 2.26. The van der Waals surface area contributed by atoms with Gasteiger partial charge in [0, 0.05) is 17.5 Å². The van der Waals surface area contributed by atoms with E-state index >= 15 is 0 Å². The lowest BCUT2D eigenvalue weighted by molar-refractivity contribution is -0.139. The molecule has 1 aromatic heterocycles. The average Bonchev–Trinajstić information content (AvgIpc) is 2.89. The molecule has 0 saturated heterocycles. The highest BCUT2D eigenvalue weighted by molar-refractivity contribution is 7.09. The van der Waals surface area contributed by atoms with Gasteiger partial charge in [0.05, 0.1) is 17.7 Å². The van der Waals surface area contributed by atoms with Gasteiger partial charge in [0.25, 0.3) is 0 Å². The molecule has 0 aliphatic heterocycles. The van der Waals surface area contributed by atoms with Gasteiger partial charge in [-0.1, -0.05) is 12.8 Å². The third kappa shape index (κ3) is 3.26. The van der Waals surface area contributed by atoms with Gasteiger partial charge >= 0.3 is 5.97 Å². The van der Waals surface area contributed by atoms with Gasteiger partial charge in [-0.2, -0.15) is 0 Å². The monoisotopic (exact) mass is 254 g/mol. The molecule has 1 fully saturated rings. The number of carboxylic acids is 1. The van der Waals surface area contributed by atoms with Crippen LogP contribution in [0.15, 0.2) is 5.51 Å². The number of nitrogens with zero attached hydrogens (tertiary/aromatic N) is 2. The van der Waals surface area contributed by atoms with Crippen LogP contribution >= 0.6 is 11.3 Å². The Labute approximate surface area is 105 Å². The molecule has 2 rings (SSSR count). The lowest BCUT2D eigenvalue weighted by atomic mass is 10.2. The first-order chi connectivity index (χ1) is 8.16. The molecule has 0 unspecified atom stereocenters. The molecule has 17 heavy (non-hydrogen) atoms. The minimum Gasteiger partial charge on any atom is -0.480 e. The Balaban J connectivity index is 2.04. The van der Waals surface area contributed by atoms with E-state index in [4.69, 9.17) is 5.11 Å². The molecule has 1 aliphatic rings. The largest absolute Gasteiger partial charge is 0.480 e. The van der Waals surface area contributed by atoms with Crippen molar-refractivity contribution in [2.45, 2.75) is 45.2 Å². The third-order valence-corrected chi connectivity index (χ3v) is 4.29. The quantitative estimate of drug-likeness (QED) is 0.876. The highest BCUT2D eigenvalue weighted by atomic mass is 32.1. The Kier molecular flexibility index (Phi) is 4.12. The number of hydrogen-bond acceptors (Lipinski definition) is 4. The van der Waals surface area contributed by atoms with Crippen molar-refractivity contribution >= 4 is 17.3 Å². The van der Waals surface area contributed by atoms with E-state index in [2.05, 4.69) is 9.88 Å². The summed E-state index contributed by atoms with van der Waals surface area (Å²) in [7, 11) is 0. The number of rotatable bonds is 5. The highest BCUT2D eigenvalue weighted by Gasteiger charge is 2.25. The van der Waals surface area contributed by atoms with E-state index in [-0.39, 0.29) is 6.54 Å². The third-order valence-electron chi connectivity index (χ3n) is 3.37. The lowest BCUT2D eigenvalue weighted by Gasteiger charge is -2.26. The lowest BCUT2D eigenvalue weighted by Crippen LogP contribution is -2.36. The maximum Gasteiger partial charge on any atom is 0.317 e. The SMILES string of the molecule is Cc1ncsc1CN(CC(=O)O)C1CCCC1. The molecule has 1 aliphatic carbocycles. The van der Waals surface area contributed by atoms with E-state index in [9.17, 15) is 4.79 Å². The van der Waals surface area contributed by atoms with Crippen molar-refractivity contribution in [1.82, 2.24) is 9.88 Å². The van der Waals surface area contributed by atoms with Crippen molar-refractivity contribution in [2.75, 3.05) is 6.54 Å². The minimum absolute atomic E-state index is 0.141. The van der Waals surface area contributed by atoms with Gasteiger partial charge in [0.2, 0.25) is 0 Å². The van der Waals surface area contributed by atoms with Crippen LogP contribution in [0.1, 0.15) is 36.3 Å². The number of carbonyl (C=O) groups is 1. The normalized spacial score (nSPS) is 16.8. The fourth-order valence-corrected chi connectivity index (χ4v) is 3.22. The number of aryl methyl sites for hydroxylation is 1. The Bertz CT molecular complexity index is 386. The molecule has 0 bridgehead atoms. The summed E-state index contributed by atoms with van der Waals surface area (Å²) >= 11 is 1.62. The van der Waals surface area contributed by atoms with Gasteiger partial charge in [-0.05, 0) is 19.8 Å². The molecular formula is C12H18N2O2S. The molecule has 1 N–H and O–H groups in total. The second kappa shape index (κ2) is 5.60. The van der Waals surface area contributed by atoms with Crippen LogP contribution in [0.4, 0.5) is 0 Å². The zero-order valence-electron chi connectivity index (χ0n) is 10.1. The first-order valence-electron chi connectivity index (χ1n) is 6.01. The summed E-state index contributed by atoms with van der Waals surface area (Å²) in [4.78, 5) is 18.4. The van der Waals surface area contributed by atoms with Crippen molar-refractivity contribution in [3.05, 3.63) is 16.1 Å². The van der Waals surface area contributed by atoms with Crippen LogP contribution in [-0.4, -0.2) is 33.5 Å². The van der Waals surface area contributed by atoms with E-state index in [1.54, 1.807) is 11.3 Å². The predicted molar refractivity (Wildman–Crippen MR) is 67.2 cm³/mol. The van der Waals surface area contributed by atoms with Crippen LogP contribution < -0.4 is 0 Å². The molecule has 0 radical (unpaired) electrons. The molecule has 0 aromatic carbocycles. The molecule has 94 valence electrons. The maximum atomic E-state index is 10.9. The molecule has 0 atom stereocenters. The van der Waals surface area contributed by atoms with Crippen LogP contribution in [0, 0.1) is 6.92 Å². The Morgan fingerprint density at radius 1 is 1.59 bits per heavy atom. The predicted octanol–water partition coefficient (Wildman–Crippen LogP) is 2.28. The first kappa shape index (κ1) is 12.5. The molecule has 1 heterocycles. The van der Waals surface area contributed by atoms with E-state index in [0.29, 0.717) is 6.04 Å². The molecule has 0 amide bonds. The van der Waals surface area contributed by atoms with Crippen LogP contribution in [-0.2, 0) is 11.3 Å². The molecule has 1 saturated carbocycles. The molecule has 0 spiro atoms. The van der Waals surface area contributed by atoms with Crippen LogP contribution in [0.25, 0.3) is 0 Å². The summed E-state index contributed by atoms with van der Waals surface area (Å²) in [6, 6.07) is 0.438. The molecule has 5 heteroatoms. The van der Waals surface area contributed by atoms with Gasteiger partial charge in [-0.25, -0.2) is 4.98 Å². The molecular weight excluding hydrogens is 236 g/mol. The van der Waals surface area contributed by atoms with Gasteiger partial charge in [0.1, 0.15) is 0 Å². The van der Waals surface area contributed by atoms with Crippen LogP contribution in [0.3, 0.4) is 0 Å². The van der Waals surface area contributed by atoms with Crippen molar-refractivity contribution in [2.24, 2.45) is 0 Å². The zero-order chi connectivity index (χ0) is 12.3. The molecule has 1 aromatic rings. The van der Waals surface area contributed by atoms with Gasteiger partial charge in [-0.15, -0.1) is 11.3 Å². The summed E-state index contributed by atoms with van der Waals surface area (Å²) in [5.74, 6) is -0.737. The topological polar surface area (TPSA) is 53.4 Å². The maximum absolute atomic E-state index is 10.9. The standard InChI is InChI=1S/C12H18N2O2S/c1-9-11(17-8-13-9)6-14(7-12(15)16)10-4-2-3-5-10/h8,10H,2-7H2,1H3,(H,15,16). The first-order valence-corrected chi connectivity index (χ1v) is 6.89. The fraction of sp³-hybridized carbons (Fsp3) is 0.667. The van der Waals surface area contributed by atoms with E-state index in [0.717, 1.165) is 25.1 Å². The summed E-state index contributed by atoms with van der Waals surface area (Å²) in [6.45, 7) is 2.86. The van der Waals surface area contributed by atoms with Gasteiger partial charge < -0.3 is 5.11 Å². The fourth-order valence-electron chi connectivity index (χ4n) is 2.42. The van der Waals surface area contributed by atoms with Crippen molar-refractivity contribution in [3.63, 3.8) is 0 Å². The summed E-state index contributed by atoms with van der Waals surface area (Å²) in [5, 5.41) is 8.99. The van der Waals surface area contributed by atoms with Crippen LogP contribution in [0.2, 0.25) is 0 Å². The Hall–Kier alpha value is -0.940. The van der Waals surface area contributed by atoms with Crippen LogP contribution in [0.5, 0.6) is 0 Å². The zero-order valence-corrected chi connectivity index (χ0v) is 10.9. The van der Waals surface area contributed by atoms with Gasteiger partial charge in [-0.3, -0.25) is 9.69 Å². The second-order valence-electron chi connectivity index (χ2n) is 4.60. The van der Waals surface area contributed by atoms with Crippen molar-refractivity contribution in [1.29, 1.82) is 0 Å². The van der Waals surface area contributed by atoms with Crippen molar-refractivity contribution in [3.8, 4) is 0 Å². The number of thiazole rings is 1. The molecule has 4 nitrogen and oxygen atoms in total. The summed E-state index contributed by atoms with van der Waals surface area (Å²) < 4.78 is 0. The van der Waals surface area contributed by atoms with Gasteiger partial charge in [0.15, 0.2) is 0 Å². The second-order valence-corrected chi connectivity index (χ2v) is 5.54. The van der Waals surface area contributed by atoms with E-state index in [1.807, 2.05) is 12.4 Å². The number of aliphatic carboxylic acids is 1. The van der Waals surface area contributed by atoms with Crippen molar-refractivity contribution < 1.29 is 9.90 Å². The number of carboxylic acid groups (broad SMARTS) is 1. The number of hydrogen-bond donors (Lipinski definition) is 1. The van der Waals surface area contributed by atoms with E-state index in [1.165, 1.54) is 17.7 Å². The summed E-state index contributed by atoms with van der Waals surface area (Å²) in [6.07, 6.45) is 4.71. The Morgan fingerprint density at radius 3 is 2.82 bits per heavy atom.